The molecule has 0 saturated heterocycles. The standard InChI is InChI=1S/C6H15P.5CO.Cr/c1-4-7(5-2)6-3;5*1-2;/h4-6H2,1-3H3;;;;;;/p+1. The fourth-order valence-electron chi connectivity index (χ4n) is 0.750. The second kappa shape index (κ2) is 127. The molecule has 0 aromatic heterocycles. The van der Waals surface area contributed by atoms with Crippen molar-refractivity contribution in [2.24, 2.45) is 0 Å². The first-order chi connectivity index (χ1) is 8.35. The van der Waals surface area contributed by atoms with Crippen molar-refractivity contribution >= 4 is 7.92 Å². The van der Waals surface area contributed by atoms with Gasteiger partial charge in [0.05, 0.1) is 18.5 Å². The summed E-state index contributed by atoms with van der Waals surface area (Å²) in [6, 6.07) is 0. The molecular formula is C11H16CrO5P+. The van der Waals surface area contributed by atoms with Crippen LogP contribution in [0, 0.1) is 33.3 Å². The molecule has 0 heterocycles. The van der Waals surface area contributed by atoms with Crippen LogP contribution in [0.1, 0.15) is 20.8 Å². The van der Waals surface area contributed by atoms with Crippen molar-refractivity contribution < 1.29 is 40.6 Å². The minimum atomic E-state index is 0. The molecule has 0 fully saturated rings. The largest absolute Gasteiger partial charge is 0 e. The van der Waals surface area contributed by atoms with E-state index in [0.717, 1.165) is 0 Å². The van der Waals surface area contributed by atoms with E-state index >= 15 is 0 Å². The summed E-state index contributed by atoms with van der Waals surface area (Å²) in [4.78, 5) is 0. The van der Waals surface area contributed by atoms with Gasteiger partial charge in [0.25, 0.3) is 0 Å². The van der Waals surface area contributed by atoms with Crippen LogP contribution >= 0.6 is 7.92 Å². The van der Waals surface area contributed by atoms with Gasteiger partial charge in [-0.3, -0.25) is 0 Å². The van der Waals surface area contributed by atoms with Crippen LogP contribution in [0.4, 0.5) is 0 Å². The number of hydrogen-bond donors (Lipinski definition) is 0. The zero-order chi connectivity index (χ0) is 15.7. The Hall–Kier alpha value is -0.338. The maximum Gasteiger partial charge on any atom is 0 e. The second-order valence-corrected chi connectivity index (χ2v) is 5.43. The Morgan fingerprint density at radius 1 is 0.556 bits per heavy atom. The molecule has 0 aliphatic heterocycles. The summed E-state index contributed by atoms with van der Waals surface area (Å²) in [6.07, 6.45) is 4.37. The summed E-state index contributed by atoms with van der Waals surface area (Å²) in [5.74, 6) is 0. The quantitative estimate of drug-likeness (QED) is 0.433. The number of hydrogen-bond acceptors (Lipinski definition) is 0. The Morgan fingerprint density at radius 2 is 0.667 bits per heavy atom. The van der Waals surface area contributed by atoms with Crippen LogP contribution in [0.25, 0.3) is 0 Å². The molecule has 0 saturated carbocycles. The Bertz CT molecular complexity index is 142. The predicted molar refractivity (Wildman–Crippen MR) is 59.6 cm³/mol. The average molecular weight is 311 g/mol. The van der Waals surface area contributed by atoms with E-state index < -0.39 is 0 Å². The van der Waals surface area contributed by atoms with Crippen molar-refractivity contribution in [2.75, 3.05) is 18.5 Å². The molecule has 5 nitrogen and oxygen atoms in total. The van der Waals surface area contributed by atoms with Crippen LogP contribution in [0.2, 0.25) is 0 Å². The van der Waals surface area contributed by atoms with Gasteiger partial charge in [0.2, 0.25) is 0 Å². The smallest absolute Gasteiger partial charge is 0 e. The van der Waals surface area contributed by atoms with Crippen molar-refractivity contribution in [2.45, 2.75) is 20.8 Å². The van der Waals surface area contributed by atoms with E-state index in [4.69, 9.17) is 23.3 Å². The normalized spacial score (nSPS) is 4.56. The van der Waals surface area contributed by atoms with E-state index in [-0.39, 0.29) is 25.3 Å². The topological polar surface area (TPSA) is 99.5 Å². The molecule has 7 heteroatoms. The summed E-state index contributed by atoms with van der Waals surface area (Å²) in [5.41, 5.74) is 0. The second-order valence-electron chi connectivity index (χ2n) is 1.81. The summed E-state index contributed by atoms with van der Waals surface area (Å²) in [7, 11) is 0.137. The van der Waals surface area contributed by atoms with E-state index in [9.17, 15) is 0 Å². The molecule has 18 heavy (non-hydrogen) atoms. The molecular weight excluding hydrogens is 295 g/mol. The van der Waals surface area contributed by atoms with E-state index in [1.165, 1.54) is 18.5 Å². The van der Waals surface area contributed by atoms with Gasteiger partial charge in [0.15, 0.2) is 0 Å². The van der Waals surface area contributed by atoms with Crippen LogP contribution in [-0.2, 0) is 40.6 Å². The fourth-order valence-corrected chi connectivity index (χ4v) is 2.25. The summed E-state index contributed by atoms with van der Waals surface area (Å²) in [6.45, 7) is 29.4. The zero-order valence-electron chi connectivity index (χ0n) is 10.6. The first kappa shape index (κ1) is 43.1. The molecule has 0 aliphatic carbocycles. The SMILES string of the molecule is CC[PH+](CC)CC.[C-]#[O+].[C-]#[O+].[C-]#[O+].[C-]#[O+].[C-]#[O+].[Cr]. The van der Waals surface area contributed by atoms with Gasteiger partial charge in [-0.2, -0.15) is 0 Å². The molecule has 100 valence electrons. The zero-order valence-corrected chi connectivity index (χ0v) is 12.8. The minimum Gasteiger partial charge on any atom is 0 e. The van der Waals surface area contributed by atoms with Gasteiger partial charge in [-0.25, -0.2) is 0 Å². The van der Waals surface area contributed by atoms with Crippen molar-refractivity contribution in [3.8, 4) is 0 Å². The van der Waals surface area contributed by atoms with Crippen LogP contribution in [0.15, 0.2) is 0 Å². The third kappa shape index (κ3) is 105. The minimum absolute atomic E-state index is 0. The summed E-state index contributed by atoms with van der Waals surface area (Å²) in [5, 5.41) is 0. The first-order valence-electron chi connectivity index (χ1n) is 4.20. The van der Waals surface area contributed by atoms with Gasteiger partial charge in [-0.15, -0.1) is 0 Å². The van der Waals surface area contributed by atoms with E-state index in [1.807, 2.05) is 0 Å². The molecule has 0 bridgehead atoms. The van der Waals surface area contributed by atoms with Gasteiger partial charge in [0, 0.05) is 17.4 Å². The van der Waals surface area contributed by atoms with Crippen molar-refractivity contribution in [3.63, 3.8) is 0 Å². The maximum atomic E-state index is 7.50. The molecule has 0 spiro atoms. The summed E-state index contributed by atoms with van der Waals surface area (Å²) >= 11 is 0. The molecule has 0 amide bonds. The third-order valence-electron chi connectivity index (χ3n) is 1.50. The Kier molecular flexibility index (Phi) is 305. The van der Waals surface area contributed by atoms with E-state index in [1.54, 1.807) is 0 Å². The van der Waals surface area contributed by atoms with Crippen LogP contribution in [0.5, 0.6) is 0 Å². The van der Waals surface area contributed by atoms with Crippen LogP contribution in [-0.4, -0.2) is 18.5 Å². The van der Waals surface area contributed by atoms with Gasteiger partial charge >= 0.3 is 56.5 Å². The summed E-state index contributed by atoms with van der Waals surface area (Å²) < 4.78 is 37.5. The monoisotopic (exact) mass is 311 g/mol. The molecule has 0 unspecified atom stereocenters. The average Bonchev–Trinajstić information content (AvgIpc) is 2.51. The molecule has 0 rings (SSSR count). The Balaban J connectivity index is -0.0000000189. The molecule has 0 atom stereocenters. The molecule has 0 aromatic rings. The fraction of sp³-hybridized carbons (Fsp3) is 0.545. The predicted octanol–water partition coefficient (Wildman–Crippen LogP) is 2.07. The van der Waals surface area contributed by atoms with Gasteiger partial charge < -0.3 is 0 Å². The number of rotatable bonds is 3. The van der Waals surface area contributed by atoms with Crippen LogP contribution in [0.3, 0.4) is 0 Å². The first-order valence-corrected chi connectivity index (χ1v) is 6.32. The molecule has 0 aliphatic rings. The van der Waals surface area contributed by atoms with E-state index in [2.05, 4.69) is 54.0 Å². The maximum absolute atomic E-state index is 7.50. The Labute approximate surface area is 121 Å². The van der Waals surface area contributed by atoms with Crippen molar-refractivity contribution in [1.29, 1.82) is 0 Å². The molecule has 0 aromatic carbocycles. The molecule has 0 radical (unpaired) electrons. The van der Waals surface area contributed by atoms with E-state index in [0.29, 0.717) is 0 Å². The third-order valence-corrected chi connectivity index (χ3v) is 4.50. The van der Waals surface area contributed by atoms with Crippen LogP contribution < -0.4 is 0 Å². The molecule has 0 N–H and O–H groups in total. The van der Waals surface area contributed by atoms with Gasteiger partial charge in [0.1, 0.15) is 0 Å². The van der Waals surface area contributed by atoms with Crippen molar-refractivity contribution in [3.05, 3.63) is 33.3 Å². The Morgan fingerprint density at radius 3 is 0.667 bits per heavy atom. The van der Waals surface area contributed by atoms with Gasteiger partial charge in [-0.05, 0) is 28.7 Å². The van der Waals surface area contributed by atoms with Crippen molar-refractivity contribution in [1.82, 2.24) is 0 Å². The van der Waals surface area contributed by atoms with Gasteiger partial charge in [-0.1, -0.05) is 0 Å².